The summed E-state index contributed by atoms with van der Waals surface area (Å²) in [5.41, 5.74) is 2.91. The van der Waals surface area contributed by atoms with Gasteiger partial charge in [-0.05, 0) is 25.7 Å². The average molecular weight is 232 g/mol. The fourth-order valence-electron chi connectivity index (χ4n) is 2.00. The minimum absolute atomic E-state index is 0.450. The minimum Gasteiger partial charge on any atom is -0.385 e. The minimum atomic E-state index is 0.450. The van der Waals surface area contributed by atoms with Crippen LogP contribution in [0.5, 0.6) is 0 Å². The van der Waals surface area contributed by atoms with Gasteiger partial charge in [0.2, 0.25) is 0 Å². The van der Waals surface area contributed by atoms with Gasteiger partial charge in [-0.15, -0.1) is 0 Å². The lowest BCUT2D eigenvalue weighted by Crippen LogP contribution is -2.37. The summed E-state index contributed by atoms with van der Waals surface area (Å²) < 4.78 is 5.04. The first-order valence-corrected chi connectivity index (χ1v) is 6.98. The van der Waals surface area contributed by atoms with Crippen molar-refractivity contribution in [3.05, 3.63) is 0 Å². The van der Waals surface area contributed by atoms with Crippen molar-refractivity contribution in [1.82, 2.24) is 5.43 Å². The molecule has 1 rings (SSSR count). The zero-order valence-electron chi connectivity index (χ0n) is 9.71. The van der Waals surface area contributed by atoms with Crippen molar-refractivity contribution in [2.75, 3.05) is 19.5 Å². The molecule has 1 aliphatic carbocycles. The monoisotopic (exact) mass is 232 g/mol. The van der Waals surface area contributed by atoms with Crippen LogP contribution < -0.4 is 11.3 Å². The van der Waals surface area contributed by atoms with Gasteiger partial charge in [-0.25, -0.2) is 0 Å². The highest BCUT2D eigenvalue weighted by Gasteiger charge is 2.17. The molecule has 0 radical (unpaired) electrons. The van der Waals surface area contributed by atoms with Crippen LogP contribution in [-0.4, -0.2) is 30.8 Å². The van der Waals surface area contributed by atoms with Crippen LogP contribution in [0.3, 0.4) is 0 Å². The van der Waals surface area contributed by atoms with Crippen LogP contribution in [-0.2, 0) is 4.74 Å². The molecule has 90 valence electrons. The molecule has 0 spiro atoms. The fourth-order valence-corrected chi connectivity index (χ4v) is 3.43. The molecule has 15 heavy (non-hydrogen) atoms. The van der Waals surface area contributed by atoms with Crippen LogP contribution >= 0.6 is 11.8 Å². The molecule has 0 aromatic carbocycles. The molecule has 0 bridgehead atoms. The van der Waals surface area contributed by atoms with Gasteiger partial charge in [-0.2, -0.15) is 11.8 Å². The van der Waals surface area contributed by atoms with Gasteiger partial charge in [0.05, 0.1) is 0 Å². The van der Waals surface area contributed by atoms with Gasteiger partial charge < -0.3 is 4.74 Å². The van der Waals surface area contributed by atoms with Crippen molar-refractivity contribution in [3.8, 4) is 0 Å². The second-order valence-corrected chi connectivity index (χ2v) is 5.57. The molecule has 0 saturated heterocycles. The van der Waals surface area contributed by atoms with Crippen molar-refractivity contribution < 1.29 is 4.74 Å². The Labute approximate surface area is 97.5 Å². The molecule has 4 heteroatoms. The molecule has 3 nitrogen and oxygen atoms in total. The van der Waals surface area contributed by atoms with Gasteiger partial charge in [-0.1, -0.05) is 12.8 Å². The number of nitrogens with one attached hydrogen (secondary N) is 1. The number of hydrogen-bond acceptors (Lipinski definition) is 4. The van der Waals surface area contributed by atoms with Crippen molar-refractivity contribution in [3.63, 3.8) is 0 Å². The molecule has 1 unspecified atom stereocenters. The van der Waals surface area contributed by atoms with Gasteiger partial charge in [0.25, 0.3) is 0 Å². The van der Waals surface area contributed by atoms with E-state index in [9.17, 15) is 0 Å². The van der Waals surface area contributed by atoms with Crippen LogP contribution in [0.1, 0.15) is 38.5 Å². The normalized spacial score (nSPS) is 19.6. The highest BCUT2D eigenvalue weighted by molar-refractivity contribution is 7.99. The first-order chi connectivity index (χ1) is 7.36. The van der Waals surface area contributed by atoms with E-state index in [1.807, 2.05) is 0 Å². The van der Waals surface area contributed by atoms with Crippen molar-refractivity contribution in [2.24, 2.45) is 5.84 Å². The molecule has 0 amide bonds. The van der Waals surface area contributed by atoms with Crippen molar-refractivity contribution in [1.29, 1.82) is 0 Å². The number of hydrogen-bond donors (Lipinski definition) is 2. The van der Waals surface area contributed by atoms with Gasteiger partial charge >= 0.3 is 0 Å². The van der Waals surface area contributed by atoms with Crippen LogP contribution in [0.15, 0.2) is 0 Å². The number of nitrogens with two attached hydrogens (primary N) is 1. The predicted molar refractivity (Wildman–Crippen MR) is 66.9 cm³/mol. The Morgan fingerprint density at radius 1 is 1.47 bits per heavy atom. The van der Waals surface area contributed by atoms with Gasteiger partial charge in [0.15, 0.2) is 0 Å². The van der Waals surface area contributed by atoms with Crippen molar-refractivity contribution in [2.45, 2.75) is 49.8 Å². The predicted octanol–water partition coefficient (Wildman–Crippen LogP) is 1.92. The number of ether oxygens (including phenoxy) is 1. The largest absolute Gasteiger partial charge is 0.385 e. The van der Waals surface area contributed by atoms with Gasteiger partial charge in [0.1, 0.15) is 0 Å². The standard InChI is InChI=1S/C11H24N2OS/c1-14-8-4-5-10(13-12)9-15-11-6-2-3-7-11/h10-11,13H,2-9,12H2,1H3. The van der Waals surface area contributed by atoms with E-state index in [0.29, 0.717) is 6.04 Å². The number of rotatable bonds is 8. The number of methoxy groups -OCH3 is 1. The molecular formula is C11H24N2OS. The molecule has 1 saturated carbocycles. The summed E-state index contributed by atoms with van der Waals surface area (Å²) in [7, 11) is 1.75. The van der Waals surface area contributed by atoms with E-state index in [0.717, 1.165) is 30.5 Å². The Morgan fingerprint density at radius 3 is 2.80 bits per heavy atom. The zero-order valence-corrected chi connectivity index (χ0v) is 10.5. The van der Waals surface area contributed by atoms with E-state index in [4.69, 9.17) is 10.6 Å². The lowest BCUT2D eigenvalue weighted by molar-refractivity contribution is 0.189. The van der Waals surface area contributed by atoms with Gasteiger partial charge in [-0.3, -0.25) is 11.3 Å². The lowest BCUT2D eigenvalue weighted by atomic mass is 10.2. The molecule has 1 aliphatic rings. The smallest absolute Gasteiger partial charge is 0.0462 e. The first-order valence-electron chi connectivity index (χ1n) is 5.93. The van der Waals surface area contributed by atoms with E-state index in [2.05, 4.69) is 17.2 Å². The Kier molecular flexibility index (Phi) is 7.44. The highest BCUT2D eigenvalue weighted by Crippen LogP contribution is 2.29. The first kappa shape index (κ1) is 13.3. The third-order valence-corrected chi connectivity index (χ3v) is 4.51. The maximum atomic E-state index is 5.54. The number of thioether (sulfide) groups is 1. The second kappa shape index (κ2) is 8.39. The molecule has 1 fully saturated rings. The summed E-state index contributed by atoms with van der Waals surface area (Å²) in [6.07, 6.45) is 7.85. The Morgan fingerprint density at radius 2 is 2.20 bits per heavy atom. The zero-order chi connectivity index (χ0) is 10.9. The van der Waals surface area contributed by atoms with Crippen LogP contribution in [0, 0.1) is 0 Å². The van der Waals surface area contributed by atoms with Gasteiger partial charge in [0, 0.05) is 30.8 Å². The highest BCUT2D eigenvalue weighted by atomic mass is 32.2. The second-order valence-electron chi connectivity index (χ2n) is 4.24. The van der Waals surface area contributed by atoms with Crippen LogP contribution in [0.4, 0.5) is 0 Å². The summed E-state index contributed by atoms with van der Waals surface area (Å²) >= 11 is 2.09. The maximum absolute atomic E-state index is 5.54. The summed E-state index contributed by atoms with van der Waals surface area (Å²) in [6, 6.07) is 0.450. The summed E-state index contributed by atoms with van der Waals surface area (Å²) in [6.45, 7) is 0.840. The van der Waals surface area contributed by atoms with E-state index in [1.54, 1.807) is 7.11 Å². The molecule has 0 aromatic heterocycles. The SMILES string of the molecule is COCCCC(CSC1CCCC1)NN. The lowest BCUT2D eigenvalue weighted by Gasteiger charge is -2.17. The quantitative estimate of drug-likeness (QED) is 0.381. The summed E-state index contributed by atoms with van der Waals surface area (Å²) in [4.78, 5) is 0. The third-order valence-electron chi connectivity index (χ3n) is 2.97. The molecule has 3 N–H and O–H groups in total. The molecular weight excluding hydrogens is 208 g/mol. The summed E-state index contributed by atoms with van der Waals surface area (Å²) in [5, 5.41) is 0.892. The molecule has 0 aromatic rings. The maximum Gasteiger partial charge on any atom is 0.0462 e. The van der Waals surface area contributed by atoms with E-state index in [-0.39, 0.29) is 0 Å². The van der Waals surface area contributed by atoms with Crippen LogP contribution in [0.25, 0.3) is 0 Å². The average Bonchev–Trinajstić information content (AvgIpc) is 2.76. The molecule has 1 atom stereocenters. The van der Waals surface area contributed by atoms with Crippen LogP contribution in [0.2, 0.25) is 0 Å². The molecule has 0 heterocycles. The summed E-state index contributed by atoms with van der Waals surface area (Å²) in [5.74, 6) is 6.68. The van der Waals surface area contributed by atoms with E-state index >= 15 is 0 Å². The van der Waals surface area contributed by atoms with Crippen molar-refractivity contribution >= 4 is 11.8 Å². The topological polar surface area (TPSA) is 47.3 Å². The fraction of sp³-hybridized carbons (Fsp3) is 1.00. The van der Waals surface area contributed by atoms with E-state index < -0.39 is 0 Å². The Balaban J connectivity index is 2.04. The number of hydrazine groups is 1. The van der Waals surface area contributed by atoms with E-state index in [1.165, 1.54) is 25.7 Å². The Bertz CT molecular complexity index is 152. The molecule has 0 aliphatic heterocycles. The Hall–Kier alpha value is 0.230. The third kappa shape index (κ3) is 5.76.